The number of hydrogen-bond acceptors (Lipinski definition) is 2. The van der Waals surface area contributed by atoms with E-state index in [1.54, 1.807) is 0 Å². The molecule has 1 saturated carbocycles. The van der Waals surface area contributed by atoms with Crippen molar-refractivity contribution in [1.82, 2.24) is 4.90 Å². The summed E-state index contributed by atoms with van der Waals surface area (Å²) < 4.78 is 0. The monoisotopic (exact) mass is 240 g/mol. The van der Waals surface area contributed by atoms with Gasteiger partial charge in [0.15, 0.2) is 0 Å². The van der Waals surface area contributed by atoms with Crippen LogP contribution in [0.15, 0.2) is 0 Å². The zero-order valence-corrected chi connectivity index (χ0v) is 12.5. The van der Waals surface area contributed by atoms with E-state index in [-0.39, 0.29) is 0 Å². The second kappa shape index (κ2) is 6.19. The summed E-state index contributed by atoms with van der Waals surface area (Å²) in [6, 6.07) is 0.947. The molecule has 0 radical (unpaired) electrons. The maximum Gasteiger partial charge on any atom is 0.0196 e. The summed E-state index contributed by atoms with van der Waals surface area (Å²) >= 11 is 0. The lowest BCUT2D eigenvalue weighted by atomic mass is 9.83. The zero-order valence-electron chi connectivity index (χ0n) is 12.5. The van der Waals surface area contributed by atoms with Crippen LogP contribution in [0.4, 0.5) is 0 Å². The minimum absolute atomic E-state index is 0.334. The zero-order chi connectivity index (χ0) is 13.1. The minimum Gasteiger partial charge on any atom is -0.326 e. The Morgan fingerprint density at radius 1 is 1.18 bits per heavy atom. The first-order valence-corrected chi connectivity index (χ1v) is 7.28. The predicted octanol–water partition coefficient (Wildman–Crippen LogP) is 3.26. The number of nitrogens with two attached hydrogens (primary N) is 1. The fraction of sp³-hybridized carbons (Fsp3) is 1.00. The fourth-order valence-electron chi connectivity index (χ4n) is 2.86. The average Bonchev–Trinajstić information content (AvgIpc) is 2.27. The van der Waals surface area contributed by atoms with Gasteiger partial charge < -0.3 is 10.6 Å². The van der Waals surface area contributed by atoms with Crippen molar-refractivity contribution in [2.45, 2.75) is 71.9 Å². The van der Waals surface area contributed by atoms with Crippen molar-refractivity contribution in [3.8, 4) is 0 Å². The van der Waals surface area contributed by atoms with Gasteiger partial charge in [-0.05, 0) is 38.1 Å². The number of rotatable bonds is 4. The van der Waals surface area contributed by atoms with Crippen LogP contribution in [0.1, 0.15) is 59.8 Å². The summed E-state index contributed by atoms with van der Waals surface area (Å²) in [4.78, 5) is 2.44. The molecule has 1 fully saturated rings. The van der Waals surface area contributed by atoms with Crippen molar-refractivity contribution in [2.75, 3.05) is 13.6 Å². The van der Waals surface area contributed by atoms with Crippen LogP contribution in [0.5, 0.6) is 0 Å². The van der Waals surface area contributed by atoms with Crippen molar-refractivity contribution in [3.05, 3.63) is 0 Å². The van der Waals surface area contributed by atoms with E-state index >= 15 is 0 Å². The summed E-state index contributed by atoms with van der Waals surface area (Å²) in [7, 11) is 2.22. The molecule has 2 unspecified atom stereocenters. The van der Waals surface area contributed by atoms with Gasteiger partial charge in [0.05, 0.1) is 0 Å². The van der Waals surface area contributed by atoms with Gasteiger partial charge >= 0.3 is 0 Å². The van der Waals surface area contributed by atoms with E-state index in [4.69, 9.17) is 5.73 Å². The normalized spacial score (nSPS) is 22.8. The molecular formula is C15H32N2. The van der Waals surface area contributed by atoms with E-state index in [0.29, 0.717) is 17.5 Å². The highest BCUT2D eigenvalue weighted by molar-refractivity contribution is 4.83. The van der Waals surface area contributed by atoms with Gasteiger partial charge in [-0.15, -0.1) is 0 Å². The number of nitrogens with zero attached hydrogens (tertiary/aromatic N) is 1. The summed E-state index contributed by atoms with van der Waals surface area (Å²) in [5.74, 6) is 0.762. The molecule has 1 aliphatic carbocycles. The minimum atomic E-state index is 0.334. The van der Waals surface area contributed by atoms with Crippen LogP contribution in [0.2, 0.25) is 0 Å². The van der Waals surface area contributed by atoms with Crippen LogP contribution in [0.25, 0.3) is 0 Å². The molecule has 2 heteroatoms. The molecule has 0 heterocycles. The van der Waals surface area contributed by atoms with Crippen LogP contribution in [0, 0.1) is 11.3 Å². The highest BCUT2D eigenvalue weighted by Crippen LogP contribution is 2.27. The fourth-order valence-corrected chi connectivity index (χ4v) is 2.86. The molecule has 2 N–H and O–H groups in total. The van der Waals surface area contributed by atoms with Gasteiger partial charge in [-0.3, -0.25) is 0 Å². The molecule has 0 aromatic rings. The highest BCUT2D eigenvalue weighted by atomic mass is 15.1. The van der Waals surface area contributed by atoms with Crippen LogP contribution < -0.4 is 5.73 Å². The molecule has 17 heavy (non-hydrogen) atoms. The first kappa shape index (κ1) is 15.0. The first-order valence-electron chi connectivity index (χ1n) is 7.28. The summed E-state index contributed by atoms with van der Waals surface area (Å²) in [6.45, 7) is 10.3. The summed E-state index contributed by atoms with van der Waals surface area (Å²) in [6.07, 6.45) is 6.88. The molecule has 0 bridgehead atoms. The second-order valence-electron chi connectivity index (χ2n) is 7.04. The van der Waals surface area contributed by atoms with Crippen LogP contribution in [-0.2, 0) is 0 Å². The predicted molar refractivity (Wildman–Crippen MR) is 76.1 cm³/mol. The van der Waals surface area contributed by atoms with E-state index in [1.165, 1.54) is 32.1 Å². The van der Waals surface area contributed by atoms with E-state index < -0.39 is 0 Å². The van der Waals surface area contributed by atoms with Crippen molar-refractivity contribution < 1.29 is 0 Å². The Labute approximate surface area is 108 Å². The molecule has 0 amide bonds. The Bertz CT molecular complexity index is 213. The second-order valence-corrected chi connectivity index (χ2v) is 7.04. The maximum absolute atomic E-state index is 6.39. The molecule has 1 rings (SSSR count). The summed E-state index contributed by atoms with van der Waals surface area (Å²) in [5, 5.41) is 0. The van der Waals surface area contributed by atoms with Crippen molar-refractivity contribution in [2.24, 2.45) is 17.1 Å². The van der Waals surface area contributed by atoms with Gasteiger partial charge in [-0.2, -0.15) is 0 Å². The SMILES string of the molecule is CC(N(C)CC(N)C1CCCCC1)C(C)(C)C. The summed E-state index contributed by atoms with van der Waals surface area (Å²) in [5.41, 5.74) is 6.72. The van der Waals surface area contributed by atoms with Crippen LogP contribution in [-0.4, -0.2) is 30.6 Å². The van der Waals surface area contributed by atoms with E-state index in [9.17, 15) is 0 Å². The average molecular weight is 240 g/mol. The van der Waals surface area contributed by atoms with Crippen molar-refractivity contribution in [1.29, 1.82) is 0 Å². The Balaban J connectivity index is 2.41. The third-order valence-electron chi connectivity index (χ3n) is 4.67. The van der Waals surface area contributed by atoms with Crippen molar-refractivity contribution in [3.63, 3.8) is 0 Å². The Morgan fingerprint density at radius 3 is 2.18 bits per heavy atom. The molecule has 2 atom stereocenters. The molecule has 0 aromatic heterocycles. The molecule has 0 aliphatic heterocycles. The molecule has 2 nitrogen and oxygen atoms in total. The standard InChI is InChI=1S/C15H32N2/c1-12(15(2,3)4)17(5)11-14(16)13-9-7-6-8-10-13/h12-14H,6-11,16H2,1-5H3. The topological polar surface area (TPSA) is 29.3 Å². The lowest BCUT2D eigenvalue weighted by molar-refractivity contribution is 0.120. The van der Waals surface area contributed by atoms with Gasteiger partial charge in [-0.25, -0.2) is 0 Å². The quantitative estimate of drug-likeness (QED) is 0.817. The van der Waals surface area contributed by atoms with Crippen molar-refractivity contribution >= 4 is 0 Å². The highest BCUT2D eigenvalue weighted by Gasteiger charge is 2.27. The van der Waals surface area contributed by atoms with Gasteiger partial charge in [-0.1, -0.05) is 40.0 Å². The van der Waals surface area contributed by atoms with Crippen LogP contribution in [0.3, 0.4) is 0 Å². The largest absolute Gasteiger partial charge is 0.326 e. The van der Waals surface area contributed by atoms with Gasteiger partial charge in [0.2, 0.25) is 0 Å². The van der Waals surface area contributed by atoms with Gasteiger partial charge in [0.1, 0.15) is 0 Å². The molecule has 0 saturated heterocycles. The maximum atomic E-state index is 6.39. The van der Waals surface area contributed by atoms with Gasteiger partial charge in [0, 0.05) is 18.6 Å². The third-order valence-corrected chi connectivity index (χ3v) is 4.67. The van der Waals surface area contributed by atoms with E-state index in [2.05, 4.69) is 39.6 Å². The smallest absolute Gasteiger partial charge is 0.0196 e. The van der Waals surface area contributed by atoms with Crippen LogP contribution >= 0.6 is 0 Å². The number of likely N-dealkylation sites (N-methyl/N-ethyl adjacent to an activating group) is 1. The molecule has 1 aliphatic rings. The molecule has 0 spiro atoms. The third kappa shape index (κ3) is 4.59. The number of hydrogen-bond donors (Lipinski definition) is 1. The molecule has 0 aromatic carbocycles. The lowest BCUT2D eigenvalue weighted by Gasteiger charge is -2.38. The Kier molecular flexibility index (Phi) is 5.46. The van der Waals surface area contributed by atoms with E-state index in [0.717, 1.165) is 12.5 Å². The molecular weight excluding hydrogens is 208 g/mol. The first-order chi connectivity index (χ1) is 7.82. The Hall–Kier alpha value is -0.0800. The lowest BCUT2D eigenvalue weighted by Crippen LogP contribution is -2.47. The Morgan fingerprint density at radius 2 is 1.71 bits per heavy atom. The molecule has 102 valence electrons. The van der Waals surface area contributed by atoms with E-state index in [1.807, 2.05) is 0 Å². The van der Waals surface area contributed by atoms with Gasteiger partial charge in [0.25, 0.3) is 0 Å².